The fourth-order valence-electron chi connectivity index (χ4n) is 4.51. The van der Waals surface area contributed by atoms with Crippen LogP contribution in [0.4, 0.5) is 4.39 Å². The summed E-state index contributed by atoms with van der Waals surface area (Å²) in [7, 11) is 1.34. The Bertz CT molecular complexity index is 1680. The van der Waals surface area contributed by atoms with Crippen LogP contribution in [0.25, 0.3) is 16.4 Å². The van der Waals surface area contributed by atoms with Crippen LogP contribution in [-0.4, -0.2) is 48.3 Å². The molecule has 4 aromatic heterocycles. The first-order valence-electron chi connectivity index (χ1n) is 11.6. The van der Waals surface area contributed by atoms with E-state index in [0.29, 0.717) is 22.9 Å². The van der Waals surface area contributed by atoms with E-state index in [2.05, 4.69) is 31.7 Å². The molecule has 0 saturated heterocycles. The van der Waals surface area contributed by atoms with Crippen molar-refractivity contribution in [2.45, 2.75) is 31.8 Å². The lowest BCUT2D eigenvalue weighted by molar-refractivity contribution is 0.0601. The van der Waals surface area contributed by atoms with Gasteiger partial charge in [-0.3, -0.25) is 4.79 Å². The molecule has 1 aliphatic carbocycles. The molecule has 4 heterocycles. The molecular formula is C25H21ClFN7O3. The minimum Gasteiger partial charge on any atom is -0.465 e. The number of methoxy groups -OCH3 is 1. The number of imidazole rings is 1. The van der Waals surface area contributed by atoms with Gasteiger partial charge in [-0.15, -0.1) is 5.10 Å². The number of aromatic amines is 1. The number of halogens is 2. The largest absolute Gasteiger partial charge is 0.465 e. The molecule has 1 fully saturated rings. The van der Waals surface area contributed by atoms with Gasteiger partial charge in [-0.1, -0.05) is 28.9 Å². The van der Waals surface area contributed by atoms with E-state index < -0.39 is 17.7 Å². The van der Waals surface area contributed by atoms with Crippen LogP contribution in [0.5, 0.6) is 0 Å². The zero-order valence-electron chi connectivity index (χ0n) is 19.7. The van der Waals surface area contributed by atoms with Gasteiger partial charge < -0.3 is 19.4 Å². The number of benzene rings is 1. The Morgan fingerprint density at radius 1 is 1.30 bits per heavy atom. The van der Waals surface area contributed by atoms with Crippen LogP contribution in [0.3, 0.4) is 0 Å². The molecule has 1 saturated carbocycles. The molecule has 10 nitrogen and oxygen atoms in total. The summed E-state index contributed by atoms with van der Waals surface area (Å²) in [6.07, 6.45) is 6.85. The molecule has 0 bridgehead atoms. The van der Waals surface area contributed by atoms with Crippen molar-refractivity contribution >= 4 is 39.9 Å². The number of nitrogens with one attached hydrogen (secondary N) is 2. The zero-order chi connectivity index (χ0) is 25.7. The van der Waals surface area contributed by atoms with E-state index in [0.717, 1.165) is 10.9 Å². The monoisotopic (exact) mass is 521 g/mol. The molecule has 37 heavy (non-hydrogen) atoms. The quantitative estimate of drug-likeness (QED) is 0.314. The second kappa shape index (κ2) is 9.00. The van der Waals surface area contributed by atoms with Gasteiger partial charge in [-0.05, 0) is 36.5 Å². The Balaban J connectivity index is 1.21. The fourth-order valence-corrected chi connectivity index (χ4v) is 4.65. The number of rotatable bonds is 7. The van der Waals surface area contributed by atoms with Crippen LogP contribution in [0.2, 0.25) is 5.02 Å². The summed E-state index contributed by atoms with van der Waals surface area (Å²) >= 11 is 5.88. The summed E-state index contributed by atoms with van der Waals surface area (Å²) in [6, 6.07) is 7.48. The van der Waals surface area contributed by atoms with Crippen molar-refractivity contribution in [1.29, 1.82) is 0 Å². The maximum absolute atomic E-state index is 14.4. The molecule has 2 N–H and O–H groups in total. The highest BCUT2D eigenvalue weighted by Crippen LogP contribution is 2.41. The number of nitrogens with zero attached hydrogens (tertiary/aromatic N) is 5. The number of aromatic nitrogens is 6. The maximum Gasteiger partial charge on any atom is 0.340 e. The summed E-state index contributed by atoms with van der Waals surface area (Å²) in [5.41, 5.74) is 3.69. The lowest BCUT2D eigenvalue weighted by atomic mass is 10.1. The van der Waals surface area contributed by atoms with E-state index >= 15 is 0 Å². The Kier molecular flexibility index (Phi) is 5.64. The lowest BCUT2D eigenvalue weighted by Crippen LogP contribution is -2.23. The van der Waals surface area contributed by atoms with Crippen LogP contribution in [0.1, 0.15) is 56.6 Å². The third-order valence-corrected chi connectivity index (χ3v) is 6.81. The highest BCUT2D eigenvalue weighted by atomic mass is 35.5. The van der Waals surface area contributed by atoms with Crippen molar-refractivity contribution in [1.82, 2.24) is 34.7 Å². The number of ether oxygens (including phenoxy) is 1. The molecule has 0 spiro atoms. The van der Waals surface area contributed by atoms with Gasteiger partial charge in [0.05, 0.1) is 54.7 Å². The number of carbonyl (C=O) groups is 2. The third-order valence-electron chi connectivity index (χ3n) is 6.51. The molecule has 12 heteroatoms. The van der Waals surface area contributed by atoms with E-state index in [1.54, 1.807) is 6.20 Å². The molecule has 1 amide bonds. The van der Waals surface area contributed by atoms with Gasteiger partial charge >= 0.3 is 5.97 Å². The van der Waals surface area contributed by atoms with Gasteiger partial charge in [-0.2, -0.15) is 0 Å². The topological polar surface area (TPSA) is 119 Å². The minimum atomic E-state index is -0.610. The number of amides is 1. The molecular weight excluding hydrogens is 501 g/mol. The van der Waals surface area contributed by atoms with Gasteiger partial charge in [0.15, 0.2) is 11.5 Å². The maximum atomic E-state index is 14.4. The average molecular weight is 522 g/mol. The number of hydrogen-bond donors (Lipinski definition) is 2. The van der Waals surface area contributed by atoms with E-state index in [-0.39, 0.29) is 29.3 Å². The summed E-state index contributed by atoms with van der Waals surface area (Å²) in [6.45, 7) is 0.144. The molecule has 0 unspecified atom stereocenters. The van der Waals surface area contributed by atoms with Crippen molar-refractivity contribution in [2.24, 2.45) is 0 Å². The van der Waals surface area contributed by atoms with E-state index in [1.807, 2.05) is 12.1 Å². The Morgan fingerprint density at radius 2 is 2.14 bits per heavy atom. The van der Waals surface area contributed by atoms with Gasteiger partial charge in [0, 0.05) is 17.1 Å². The second-order valence-corrected chi connectivity index (χ2v) is 9.37. The first-order chi connectivity index (χ1) is 17.9. The van der Waals surface area contributed by atoms with Gasteiger partial charge in [0.1, 0.15) is 5.52 Å². The second-order valence-electron chi connectivity index (χ2n) is 8.96. The van der Waals surface area contributed by atoms with Crippen molar-refractivity contribution in [3.05, 3.63) is 82.0 Å². The van der Waals surface area contributed by atoms with E-state index in [4.69, 9.17) is 16.3 Å². The smallest absolute Gasteiger partial charge is 0.340 e. The summed E-state index contributed by atoms with van der Waals surface area (Å²) in [5, 5.41) is 11.4. The van der Waals surface area contributed by atoms with Crippen molar-refractivity contribution < 1.29 is 18.7 Å². The first kappa shape index (κ1) is 23.2. The Labute approximate surface area is 214 Å². The normalized spacial score (nSPS) is 13.4. The van der Waals surface area contributed by atoms with Gasteiger partial charge in [-0.25, -0.2) is 18.9 Å². The predicted molar refractivity (Wildman–Crippen MR) is 132 cm³/mol. The number of carbonyl (C=O) groups excluding carboxylic acids is 2. The number of pyridine rings is 1. The summed E-state index contributed by atoms with van der Waals surface area (Å²) in [4.78, 5) is 32.8. The summed E-state index contributed by atoms with van der Waals surface area (Å²) in [5.74, 6) is -1.00. The third kappa shape index (κ3) is 4.20. The average Bonchev–Trinajstić information content (AvgIpc) is 3.34. The minimum absolute atomic E-state index is 0.0305. The van der Waals surface area contributed by atoms with Crippen LogP contribution in [0.15, 0.2) is 43.0 Å². The van der Waals surface area contributed by atoms with Crippen LogP contribution in [-0.2, 0) is 17.8 Å². The van der Waals surface area contributed by atoms with Crippen LogP contribution < -0.4 is 5.32 Å². The molecule has 0 atom stereocenters. The molecule has 1 aromatic carbocycles. The van der Waals surface area contributed by atoms with Crippen molar-refractivity contribution in [2.75, 3.05) is 7.11 Å². The number of H-pyrrole nitrogens is 1. The highest BCUT2D eigenvalue weighted by molar-refractivity contribution is 6.31. The molecule has 0 radical (unpaired) electrons. The first-order valence-corrected chi connectivity index (χ1v) is 12.0. The predicted octanol–water partition coefficient (Wildman–Crippen LogP) is 3.84. The lowest BCUT2D eigenvalue weighted by Gasteiger charge is -2.04. The van der Waals surface area contributed by atoms with Crippen LogP contribution >= 0.6 is 11.6 Å². The Morgan fingerprint density at radius 3 is 2.92 bits per heavy atom. The number of esters is 1. The highest BCUT2D eigenvalue weighted by Gasteiger charge is 2.26. The van der Waals surface area contributed by atoms with E-state index in [1.165, 1.54) is 53.2 Å². The summed E-state index contributed by atoms with van der Waals surface area (Å²) < 4.78 is 22.4. The fraction of sp³-hybridized carbons (Fsp3) is 0.240. The van der Waals surface area contributed by atoms with Crippen LogP contribution in [0, 0.1) is 5.82 Å². The number of fused-ring (bicyclic) bond motifs is 2. The number of hydrogen-bond acceptors (Lipinski definition) is 6. The van der Waals surface area contributed by atoms with Gasteiger partial charge in [0.2, 0.25) is 0 Å². The molecule has 6 rings (SSSR count). The molecule has 5 aromatic rings. The zero-order valence-corrected chi connectivity index (χ0v) is 20.4. The Hall–Kier alpha value is -4.25. The molecule has 188 valence electrons. The van der Waals surface area contributed by atoms with Crippen molar-refractivity contribution in [3.63, 3.8) is 0 Å². The van der Waals surface area contributed by atoms with E-state index in [9.17, 15) is 14.0 Å². The molecule has 1 aliphatic rings. The SMILES string of the molecule is COC(=O)c1c(Cn2cc(C(=O)NCc3ncn4ccc(Cl)c(F)c34)nn2)[nH]c2cc(C3CC3)ccc12. The van der Waals surface area contributed by atoms with Crippen molar-refractivity contribution in [3.8, 4) is 0 Å². The molecule has 0 aliphatic heterocycles. The van der Waals surface area contributed by atoms with Gasteiger partial charge in [0.25, 0.3) is 5.91 Å². The standard InChI is InChI=1S/C25H21ClFN7O3/c1-37-25(36)21-15-5-4-14(13-2-3-13)8-17(15)30-19(21)10-34-11-20(31-32-34)24(35)28-9-18-23-22(27)16(26)6-7-33(23)12-29-18/h4-8,11-13,30H,2-3,9-10H2,1H3,(H,28,35).